The topological polar surface area (TPSA) is 32.3 Å². The fourth-order valence-electron chi connectivity index (χ4n) is 1.49. The van der Waals surface area contributed by atoms with E-state index in [2.05, 4.69) is 5.32 Å². The van der Waals surface area contributed by atoms with Gasteiger partial charge in [-0.1, -0.05) is 11.6 Å². The van der Waals surface area contributed by atoms with Gasteiger partial charge in [0.15, 0.2) is 0 Å². The Morgan fingerprint density at radius 1 is 1.64 bits per heavy atom. The Bertz CT molecular complexity index is 352. The highest BCUT2D eigenvalue weighted by atomic mass is 35.5. The van der Waals surface area contributed by atoms with Gasteiger partial charge in [-0.2, -0.15) is 0 Å². The zero-order chi connectivity index (χ0) is 10.1. The third-order valence-electron chi connectivity index (χ3n) is 2.25. The number of carbonyl (C=O) groups excluding carboxylic acids is 1. The van der Waals surface area contributed by atoms with Crippen molar-refractivity contribution in [1.82, 2.24) is 5.32 Å². The maximum atomic E-state index is 11.8. The molecule has 1 fully saturated rings. The van der Waals surface area contributed by atoms with E-state index in [-0.39, 0.29) is 11.9 Å². The van der Waals surface area contributed by atoms with Gasteiger partial charge in [-0.05, 0) is 19.1 Å². The van der Waals surface area contributed by atoms with Crippen LogP contribution in [0.3, 0.4) is 0 Å². The molecule has 1 amide bonds. The molecule has 0 aromatic carbocycles. The highest BCUT2D eigenvalue weighted by Gasteiger charge is 2.26. The number of amides is 1. The third kappa shape index (κ3) is 1.78. The van der Waals surface area contributed by atoms with Gasteiger partial charge in [0.25, 0.3) is 0 Å². The Hall–Kier alpha value is -0.580. The number of thiophene rings is 1. The van der Waals surface area contributed by atoms with Crippen molar-refractivity contribution in [3.05, 3.63) is 16.5 Å². The van der Waals surface area contributed by atoms with Gasteiger partial charge < -0.3 is 10.2 Å². The molecule has 0 spiro atoms. The predicted octanol–water partition coefficient (Wildman–Crippen LogP) is 1.73. The number of hydrogen-bond acceptors (Lipinski definition) is 3. The minimum Gasteiger partial charge on any atom is -0.304 e. The van der Waals surface area contributed by atoms with Crippen LogP contribution < -0.4 is 10.2 Å². The molecule has 0 bridgehead atoms. The van der Waals surface area contributed by atoms with E-state index in [1.807, 2.05) is 19.1 Å². The zero-order valence-corrected chi connectivity index (χ0v) is 9.36. The van der Waals surface area contributed by atoms with Crippen LogP contribution in [-0.4, -0.2) is 25.0 Å². The average Bonchev–Trinajstić information content (AvgIpc) is 2.57. The summed E-state index contributed by atoms with van der Waals surface area (Å²) in [4.78, 5) is 13.6. The minimum atomic E-state index is -0.0929. The van der Waals surface area contributed by atoms with E-state index in [9.17, 15) is 4.79 Å². The Labute approximate surface area is 91.7 Å². The van der Waals surface area contributed by atoms with Crippen LogP contribution in [0.1, 0.15) is 6.92 Å². The van der Waals surface area contributed by atoms with Gasteiger partial charge in [-0.25, -0.2) is 0 Å². The van der Waals surface area contributed by atoms with Gasteiger partial charge in [0.2, 0.25) is 5.91 Å². The van der Waals surface area contributed by atoms with Crippen LogP contribution in [0, 0.1) is 0 Å². The van der Waals surface area contributed by atoms with Gasteiger partial charge in [0.1, 0.15) is 0 Å². The summed E-state index contributed by atoms with van der Waals surface area (Å²) in [5, 5.41) is 4.06. The molecule has 5 heteroatoms. The summed E-state index contributed by atoms with van der Waals surface area (Å²) < 4.78 is 0.721. The zero-order valence-electron chi connectivity index (χ0n) is 7.79. The molecule has 1 aromatic rings. The lowest BCUT2D eigenvalue weighted by molar-refractivity contribution is -0.121. The van der Waals surface area contributed by atoms with Gasteiger partial charge in [0.05, 0.1) is 15.4 Å². The van der Waals surface area contributed by atoms with Crippen molar-refractivity contribution in [3.8, 4) is 0 Å². The van der Waals surface area contributed by atoms with Crippen LogP contribution in [0.25, 0.3) is 0 Å². The largest absolute Gasteiger partial charge is 0.304 e. The molecular weight excluding hydrogens is 220 g/mol. The van der Waals surface area contributed by atoms with E-state index in [0.29, 0.717) is 0 Å². The number of rotatable bonds is 1. The summed E-state index contributed by atoms with van der Waals surface area (Å²) in [6, 6.07) is 3.62. The fraction of sp³-hybridized carbons (Fsp3) is 0.444. The van der Waals surface area contributed by atoms with Gasteiger partial charge >= 0.3 is 0 Å². The van der Waals surface area contributed by atoms with E-state index in [4.69, 9.17) is 11.6 Å². The molecule has 1 aromatic heterocycles. The summed E-state index contributed by atoms with van der Waals surface area (Å²) in [5.74, 6) is 0.120. The lowest BCUT2D eigenvalue weighted by Gasteiger charge is -2.30. The monoisotopic (exact) mass is 230 g/mol. The maximum Gasteiger partial charge on any atom is 0.244 e. The lowest BCUT2D eigenvalue weighted by Crippen LogP contribution is -2.53. The Balaban J connectivity index is 2.21. The number of piperazine rings is 1. The normalized spacial score (nSPS) is 22.9. The molecule has 1 N–H and O–H groups in total. The van der Waals surface area contributed by atoms with Gasteiger partial charge in [0, 0.05) is 13.1 Å². The van der Waals surface area contributed by atoms with Crippen LogP contribution in [-0.2, 0) is 4.79 Å². The number of halogens is 1. The average molecular weight is 231 g/mol. The van der Waals surface area contributed by atoms with Crippen molar-refractivity contribution in [2.75, 3.05) is 18.0 Å². The van der Waals surface area contributed by atoms with Crippen molar-refractivity contribution in [3.63, 3.8) is 0 Å². The van der Waals surface area contributed by atoms with E-state index >= 15 is 0 Å². The number of carbonyl (C=O) groups is 1. The van der Waals surface area contributed by atoms with Crippen molar-refractivity contribution in [2.24, 2.45) is 0 Å². The molecule has 2 rings (SSSR count). The van der Waals surface area contributed by atoms with Crippen LogP contribution in [0.4, 0.5) is 5.00 Å². The first-order chi connectivity index (χ1) is 6.68. The molecule has 1 aliphatic heterocycles. The molecule has 2 heterocycles. The first-order valence-electron chi connectivity index (χ1n) is 4.48. The summed E-state index contributed by atoms with van der Waals surface area (Å²) in [5.41, 5.74) is 0. The molecule has 1 atom stereocenters. The predicted molar refractivity (Wildman–Crippen MR) is 59.1 cm³/mol. The molecular formula is C9H11ClN2OS. The number of nitrogens with zero attached hydrogens (tertiary/aromatic N) is 1. The highest BCUT2D eigenvalue weighted by Crippen LogP contribution is 2.30. The Morgan fingerprint density at radius 2 is 2.43 bits per heavy atom. The standard InChI is InChI=1S/C9H11ClN2OS/c1-6-9(13)12(5-4-11-6)8-3-2-7(10)14-8/h2-3,6,11H,4-5H2,1H3. The first kappa shape index (κ1) is 9.96. The fourth-order valence-corrected chi connectivity index (χ4v) is 2.56. The number of anilines is 1. The molecule has 0 aliphatic carbocycles. The van der Waals surface area contributed by atoms with Crippen molar-refractivity contribution in [1.29, 1.82) is 0 Å². The van der Waals surface area contributed by atoms with Crippen LogP contribution in [0.2, 0.25) is 4.34 Å². The van der Waals surface area contributed by atoms with E-state index in [1.54, 1.807) is 4.90 Å². The van der Waals surface area contributed by atoms with Crippen molar-refractivity contribution >= 4 is 33.8 Å². The van der Waals surface area contributed by atoms with Crippen molar-refractivity contribution < 1.29 is 4.79 Å². The summed E-state index contributed by atoms with van der Waals surface area (Å²) in [7, 11) is 0. The Kier molecular flexibility index (Phi) is 2.76. The highest BCUT2D eigenvalue weighted by molar-refractivity contribution is 7.20. The number of nitrogens with one attached hydrogen (secondary N) is 1. The second-order valence-corrected chi connectivity index (χ2v) is 4.94. The Morgan fingerprint density at radius 3 is 3.07 bits per heavy atom. The van der Waals surface area contributed by atoms with Crippen LogP contribution >= 0.6 is 22.9 Å². The van der Waals surface area contributed by atoms with Crippen molar-refractivity contribution in [2.45, 2.75) is 13.0 Å². The molecule has 1 aliphatic rings. The summed E-state index contributed by atoms with van der Waals surface area (Å²) >= 11 is 7.27. The minimum absolute atomic E-state index is 0.0929. The molecule has 0 saturated carbocycles. The summed E-state index contributed by atoms with van der Waals surface area (Å²) in [6.07, 6.45) is 0. The molecule has 76 valence electrons. The quantitative estimate of drug-likeness (QED) is 0.797. The molecule has 1 saturated heterocycles. The molecule has 3 nitrogen and oxygen atoms in total. The molecule has 14 heavy (non-hydrogen) atoms. The molecule has 1 unspecified atom stereocenters. The number of hydrogen-bond donors (Lipinski definition) is 1. The maximum absolute atomic E-state index is 11.8. The SMILES string of the molecule is CC1NCCN(c2ccc(Cl)s2)C1=O. The molecule has 0 radical (unpaired) electrons. The second kappa shape index (κ2) is 3.88. The van der Waals surface area contributed by atoms with E-state index in [0.717, 1.165) is 22.4 Å². The van der Waals surface area contributed by atoms with Gasteiger partial charge in [-0.15, -0.1) is 11.3 Å². The smallest absolute Gasteiger partial charge is 0.244 e. The first-order valence-corrected chi connectivity index (χ1v) is 5.68. The lowest BCUT2D eigenvalue weighted by atomic mass is 10.2. The van der Waals surface area contributed by atoms with E-state index in [1.165, 1.54) is 11.3 Å². The van der Waals surface area contributed by atoms with Crippen LogP contribution in [0.15, 0.2) is 12.1 Å². The second-order valence-electron chi connectivity index (χ2n) is 3.24. The van der Waals surface area contributed by atoms with Crippen LogP contribution in [0.5, 0.6) is 0 Å². The third-order valence-corrected chi connectivity index (χ3v) is 3.50. The summed E-state index contributed by atoms with van der Waals surface area (Å²) in [6.45, 7) is 3.44. The van der Waals surface area contributed by atoms with Gasteiger partial charge in [-0.3, -0.25) is 4.79 Å². The van der Waals surface area contributed by atoms with E-state index < -0.39 is 0 Å².